The molecule has 0 aromatic heterocycles. The van der Waals surface area contributed by atoms with Gasteiger partial charge in [-0.05, 0) is 25.9 Å². The molecule has 18 heavy (non-hydrogen) atoms. The molecule has 4 heteroatoms. The first-order valence-electron chi connectivity index (χ1n) is 7.39. The van der Waals surface area contributed by atoms with E-state index in [1.807, 2.05) is 0 Å². The Labute approximate surface area is 120 Å². The zero-order valence-electron chi connectivity index (χ0n) is 12.5. The molecule has 0 saturated heterocycles. The SMILES string of the molecule is CCCCCCCC(=O)[C@@](S)(CCC)O[SiH](C)C. The summed E-state index contributed by atoms with van der Waals surface area (Å²) in [5, 5.41) is 0. The smallest absolute Gasteiger partial charge is 0.173 e. The second-order valence-corrected chi connectivity index (χ2v) is 8.34. The molecule has 0 fully saturated rings. The summed E-state index contributed by atoms with van der Waals surface area (Å²) in [7, 11) is -1.23. The van der Waals surface area contributed by atoms with Crippen molar-refractivity contribution in [1.82, 2.24) is 0 Å². The van der Waals surface area contributed by atoms with Gasteiger partial charge in [0.2, 0.25) is 0 Å². The Balaban J connectivity index is 4.13. The number of carbonyl (C=O) groups is 1. The highest BCUT2D eigenvalue weighted by atomic mass is 32.1. The van der Waals surface area contributed by atoms with Crippen molar-refractivity contribution < 1.29 is 9.22 Å². The Hall–Kier alpha value is 0.197. The minimum atomic E-state index is -1.23. The highest BCUT2D eigenvalue weighted by molar-refractivity contribution is 7.82. The molecule has 0 N–H and O–H groups in total. The van der Waals surface area contributed by atoms with Gasteiger partial charge in [-0.15, -0.1) is 12.6 Å². The van der Waals surface area contributed by atoms with E-state index >= 15 is 0 Å². The molecule has 0 radical (unpaired) electrons. The number of ketones is 1. The summed E-state index contributed by atoms with van der Waals surface area (Å²) in [4.78, 5) is 11.4. The lowest BCUT2D eigenvalue weighted by atomic mass is 10.0. The second-order valence-electron chi connectivity index (χ2n) is 5.29. The topological polar surface area (TPSA) is 26.3 Å². The number of hydrogen-bond acceptors (Lipinski definition) is 3. The van der Waals surface area contributed by atoms with E-state index in [0.717, 1.165) is 25.7 Å². The van der Waals surface area contributed by atoms with Crippen LogP contribution in [0.15, 0.2) is 0 Å². The van der Waals surface area contributed by atoms with Crippen molar-refractivity contribution in [1.29, 1.82) is 0 Å². The van der Waals surface area contributed by atoms with E-state index < -0.39 is 14.0 Å². The lowest BCUT2D eigenvalue weighted by Gasteiger charge is -2.29. The highest BCUT2D eigenvalue weighted by Gasteiger charge is 2.34. The Morgan fingerprint density at radius 1 is 1.11 bits per heavy atom. The van der Waals surface area contributed by atoms with E-state index in [4.69, 9.17) is 4.43 Å². The van der Waals surface area contributed by atoms with Crippen LogP contribution in [-0.2, 0) is 9.22 Å². The molecule has 2 nitrogen and oxygen atoms in total. The third kappa shape index (κ3) is 7.59. The van der Waals surface area contributed by atoms with Crippen molar-refractivity contribution in [2.24, 2.45) is 0 Å². The van der Waals surface area contributed by atoms with Crippen molar-refractivity contribution in [3.8, 4) is 0 Å². The van der Waals surface area contributed by atoms with Gasteiger partial charge in [-0.3, -0.25) is 4.79 Å². The molecule has 0 aromatic carbocycles. The fourth-order valence-corrected chi connectivity index (χ4v) is 4.07. The lowest BCUT2D eigenvalue weighted by molar-refractivity contribution is -0.128. The van der Waals surface area contributed by atoms with E-state index in [0.29, 0.717) is 6.42 Å². The number of rotatable bonds is 11. The summed E-state index contributed by atoms with van der Waals surface area (Å²) in [5.74, 6) is 0.186. The minimum Gasteiger partial charge on any atom is -0.401 e. The maximum atomic E-state index is 12.2. The van der Waals surface area contributed by atoms with Crippen LogP contribution in [0.5, 0.6) is 0 Å². The number of hydrogen-bond donors (Lipinski definition) is 1. The van der Waals surface area contributed by atoms with Crippen LogP contribution in [0.4, 0.5) is 0 Å². The normalized spacial score (nSPS) is 14.8. The second kappa shape index (κ2) is 10.0. The first-order chi connectivity index (χ1) is 8.46. The van der Waals surface area contributed by atoms with E-state index in [-0.39, 0.29) is 5.78 Å². The van der Waals surface area contributed by atoms with Crippen LogP contribution < -0.4 is 0 Å². The van der Waals surface area contributed by atoms with E-state index in [2.05, 4.69) is 39.6 Å². The summed E-state index contributed by atoms with van der Waals surface area (Å²) in [6, 6.07) is 0. The van der Waals surface area contributed by atoms with Gasteiger partial charge in [0.25, 0.3) is 0 Å². The fraction of sp³-hybridized carbons (Fsp3) is 0.929. The third-order valence-corrected chi connectivity index (χ3v) is 4.61. The van der Waals surface area contributed by atoms with E-state index in [1.165, 1.54) is 19.3 Å². The summed E-state index contributed by atoms with van der Waals surface area (Å²) in [6.07, 6.45) is 8.15. The molecule has 0 aliphatic carbocycles. The van der Waals surface area contributed by atoms with E-state index in [1.54, 1.807) is 0 Å². The minimum absolute atomic E-state index is 0.186. The number of Topliss-reactive ketones (excluding diaryl/α,β-unsaturated/α-hetero) is 1. The number of thiol groups is 1. The zero-order chi connectivity index (χ0) is 14.0. The zero-order valence-corrected chi connectivity index (χ0v) is 14.5. The first-order valence-corrected chi connectivity index (χ1v) is 10.6. The molecule has 0 aliphatic heterocycles. The predicted molar refractivity (Wildman–Crippen MR) is 85.0 cm³/mol. The van der Waals surface area contributed by atoms with Crippen molar-refractivity contribution >= 4 is 27.5 Å². The Kier molecular flexibility index (Phi) is 10.2. The molecule has 0 saturated carbocycles. The van der Waals surface area contributed by atoms with Gasteiger partial charge in [0.15, 0.2) is 19.8 Å². The summed E-state index contributed by atoms with van der Waals surface area (Å²) in [5.41, 5.74) is 0. The van der Waals surface area contributed by atoms with Crippen molar-refractivity contribution in [2.45, 2.75) is 83.2 Å². The summed E-state index contributed by atoms with van der Waals surface area (Å²) < 4.78 is 5.87. The van der Waals surface area contributed by atoms with Gasteiger partial charge >= 0.3 is 0 Å². The lowest BCUT2D eigenvalue weighted by Crippen LogP contribution is -2.39. The van der Waals surface area contributed by atoms with Crippen molar-refractivity contribution in [3.05, 3.63) is 0 Å². The molecular formula is C14H30O2SSi. The van der Waals surface area contributed by atoms with E-state index in [9.17, 15) is 4.79 Å². The molecule has 1 atom stereocenters. The third-order valence-electron chi connectivity index (χ3n) is 2.96. The van der Waals surface area contributed by atoms with Crippen LogP contribution in [0.2, 0.25) is 13.1 Å². The standard InChI is InChI=1S/C14H30O2SSi/c1-5-7-8-9-10-11-13(15)14(17,12-6-2)16-18(3)4/h17-18H,5-12H2,1-4H3/t14-/m0/s1. The van der Waals surface area contributed by atoms with Gasteiger partial charge in [0.1, 0.15) is 0 Å². The maximum Gasteiger partial charge on any atom is 0.173 e. The predicted octanol–water partition coefficient (Wildman–Crippen LogP) is 4.34. The first kappa shape index (κ1) is 18.2. The molecule has 108 valence electrons. The van der Waals surface area contributed by atoms with Crippen LogP contribution >= 0.6 is 12.6 Å². The van der Waals surface area contributed by atoms with Crippen molar-refractivity contribution in [3.63, 3.8) is 0 Å². The van der Waals surface area contributed by atoms with Crippen LogP contribution in [0.3, 0.4) is 0 Å². The van der Waals surface area contributed by atoms with Crippen LogP contribution in [-0.4, -0.2) is 19.8 Å². The molecule has 0 rings (SSSR count). The average Bonchev–Trinajstić information content (AvgIpc) is 2.27. The number of carbonyl (C=O) groups excluding carboxylic acids is 1. The number of unbranched alkanes of at least 4 members (excludes halogenated alkanes) is 4. The molecule has 0 aliphatic rings. The van der Waals surface area contributed by atoms with Gasteiger partial charge < -0.3 is 4.43 Å². The fourth-order valence-electron chi connectivity index (χ4n) is 2.08. The molecule has 0 bridgehead atoms. The molecule has 0 heterocycles. The maximum absolute atomic E-state index is 12.2. The summed E-state index contributed by atoms with van der Waals surface area (Å²) >= 11 is 4.54. The van der Waals surface area contributed by atoms with Crippen LogP contribution in [0.25, 0.3) is 0 Å². The largest absolute Gasteiger partial charge is 0.401 e. The van der Waals surface area contributed by atoms with Gasteiger partial charge in [-0.25, -0.2) is 0 Å². The van der Waals surface area contributed by atoms with Crippen LogP contribution in [0.1, 0.15) is 65.2 Å². The molecular weight excluding hydrogens is 260 g/mol. The molecule has 0 spiro atoms. The summed E-state index contributed by atoms with van der Waals surface area (Å²) in [6.45, 7) is 8.46. The monoisotopic (exact) mass is 290 g/mol. The molecule has 0 unspecified atom stereocenters. The van der Waals surface area contributed by atoms with Gasteiger partial charge in [-0.1, -0.05) is 46.0 Å². The molecule has 0 amide bonds. The van der Waals surface area contributed by atoms with Gasteiger partial charge in [0, 0.05) is 6.42 Å². The quantitative estimate of drug-likeness (QED) is 0.265. The molecule has 0 aromatic rings. The Bertz CT molecular complexity index is 234. The Morgan fingerprint density at radius 3 is 2.22 bits per heavy atom. The van der Waals surface area contributed by atoms with Gasteiger partial charge in [0.05, 0.1) is 0 Å². The highest BCUT2D eigenvalue weighted by Crippen LogP contribution is 2.27. The van der Waals surface area contributed by atoms with Crippen molar-refractivity contribution in [2.75, 3.05) is 0 Å². The average molecular weight is 291 g/mol. The van der Waals surface area contributed by atoms with Gasteiger partial charge in [-0.2, -0.15) is 0 Å². The Morgan fingerprint density at radius 2 is 1.72 bits per heavy atom. The van der Waals surface area contributed by atoms with Crippen LogP contribution in [0, 0.1) is 0 Å².